The van der Waals surface area contributed by atoms with Crippen molar-refractivity contribution in [2.75, 3.05) is 13.2 Å². The summed E-state index contributed by atoms with van der Waals surface area (Å²) in [6.07, 6.45) is 29.4. The van der Waals surface area contributed by atoms with Crippen LogP contribution >= 0.6 is 7.82 Å². The molecule has 364 valence electrons. The highest BCUT2D eigenvalue weighted by Gasteiger charge is 2.51. The Balaban J connectivity index is 2.40. The summed E-state index contributed by atoms with van der Waals surface area (Å²) in [5.74, 6) is -1.10. The van der Waals surface area contributed by atoms with Crippen LogP contribution in [0.5, 0.6) is 0 Å². The van der Waals surface area contributed by atoms with Crippen LogP contribution in [-0.2, 0) is 32.7 Å². The van der Waals surface area contributed by atoms with Crippen LogP contribution in [0.15, 0.2) is 24.3 Å². The number of rotatable bonds is 41. The smallest absolute Gasteiger partial charge is 0.462 e. The Morgan fingerprint density at radius 2 is 0.871 bits per heavy atom. The maximum absolute atomic E-state index is 12.8. The van der Waals surface area contributed by atoms with Gasteiger partial charge < -0.3 is 39.9 Å². The molecule has 1 aliphatic carbocycles. The molecule has 0 bridgehead atoms. The minimum atomic E-state index is -5.12. The van der Waals surface area contributed by atoms with Gasteiger partial charge in [-0.25, -0.2) is 4.57 Å². The number of hydrogen-bond donors (Lipinski definition) is 6. The largest absolute Gasteiger partial charge is 0.472 e. The van der Waals surface area contributed by atoms with Gasteiger partial charge in [0, 0.05) is 12.8 Å². The lowest BCUT2D eigenvalue weighted by Crippen LogP contribution is -2.64. The highest BCUT2D eigenvalue weighted by molar-refractivity contribution is 7.47. The van der Waals surface area contributed by atoms with Crippen molar-refractivity contribution in [3.63, 3.8) is 0 Å². The topological polar surface area (TPSA) is 210 Å². The fourth-order valence-corrected chi connectivity index (χ4v) is 8.53. The van der Waals surface area contributed by atoms with Crippen LogP contribution in [-0.4, -0.2) is 98.3 Å². The van der Waals surface area contributed by atoms with Gasteiger partial charge in [-0.2, -0.15) is 0 Å². The Kier molecular flexibility index (Phi) is 36.3. The van der Waals surface area contributed by atoms with Gasteiger partial charge in [-0.3, -0.25) is 18.6 Å². The zero-order valence-corrected chi connectivity index (χ0v) is 39.6. The molecule has 0 aromatic heterocycles. The average Bonchev–Trinajstić information content (AvgIpc) is 3.25. The zero-order chi connectivity index (χ0) is 45.7. The number of phosphoric ester groups is 1. The number of phosphoric acid groups is 1. The van der Waals surface area contributed by atoms with E-state index in [0.717, 1.165) is 57.8 Å². The lowest BCUT2D eigenvalue weighted by atomic mass is 9.85. The first-order valence-corrected chi connectivity index (χ1v) is 26.1. The minimum absolute atomic E-state index is 0.0947. The predicted molar refractivity (Wildman–Crippen MR) is 244 cm³/mol. The lowest BCUT2D eigenvalue weighted by Gasteiger charge is -2.41. The van der Waals surface area contributed by atoms with Gasteiger partial charge >= 0.3 is 19.8 Å². The van der Waals surface area contributed by atoms with E-state index in [1.807, 2.05) is 0 Å². The Labute approximate surface area is 375 Å². The molecule has 0 heterocycles. The molecule has 0 amide bonds. The zero-order valence-electron chi connectivity index (χ0n) is 38.7. The third kappa shape index (κ3) is 30.5. The minimum Gasteiger partial charge on any atom is -0.462 e. The van der Waals surface area contributed by atoms with Gasteiger partial charge in [0.15, 0.2) is 6.10 Å². The number of aliphatic hydroxyl groups is 5. The average molecular weight is 905 g/mol. The van der Waals surface area contributed by atoms with Crippen molar-refractivity contribution in [3.8, 4) is 0 Å². The second kappa shape index (κ2) is 38.6. The second-order valence-corrected chi connectivity index (χ2v) is 18.7. The number of unbranched alkanes of at least 4 members (excludes halogenated alkanes) is 25. The van der Waals surface area contributed by atoms with Crippen molar-refractivity contribution >= 4 is 19.8 Å². The number of aliphatic hydroxyl groups excluding tert-OH is 5. The van der Waals surface area contributed by atoms with Crippen LogP contribution in [0.4, 0.5) is 0 Å². The number of carbonyl (C=O) groups excluding carboxylic acids is 2. The quantitative estimate of drug-likeness (QED) is 0.0146. The Bertz CT molecular complexity index is 1180. The summed E-state index contributed by atoms with van der Waals surface area (Å²) in [6, 6.07) is 0. The van der Waals surface area contributed by atoms with E-state index >= 15 is 0 Å². The Morgan fingerprint density at radius 1 is 0.500 bits per heavy atom. The first-order chi connectivity index (χ1) is 29.9. The molecule has 13 nitrogen and oxygen atoms in total. The molecule has 62 heavy (non-hydrogen) atoms. The van der Waals surface area contributed by atoms with E-state index in [0.29, 0.717) is 12.8 Å². The van der Waals surface area contributed by atoms with E-state index in [4.69, 9.17) is 18.5 Å². The molecule has 0 radical (unpaired) electrons. The monoisotopic (exact) mass is 905 g/mol. The molecule has 1 fully saturated rings. The molecule has 0 aliphatic heterocycles. The van der Waals surface area contributed by atoms with Crippen molar-refractivity contribution in [3.05, 3.63) is 24.3 Å². The van der Waals surface area contributed by atoms with Gasteiger partial charge in [0.05, 0.1) is 6.61 Å². The molecule has 6 atom stereocenters. The molecular formula is C48H89O13P. The summed E-state index contributed by atoms with van der Waals surface area (Å²) in [5, 5.41) is 50.2. The van der Waals surface area contributed by atoms with E-state index in [9.17, 15) is 44.6 Å². The number of allylic oxidation sites excluding steroid dienone is 4. The van der Waals surface area contributed by atoms with Crippen LogP contribution in [0, 0.1) is 0 Å². The molecular weight excluding hydrogens is 815 g/mol. The fraction of sp³-hybridized carbons (Fsp3) is 0.875. The van der Waals surface area contributed by atoms with Gasteiger partial charge in [-0.05, 0) is 44.9 Å². The van der Waals surface area contributed by atoms with Crippen molar-refractivity contribution in [1.82, 2.24) is 0 Å². The highest BCUT2D eigenvalue weighted by atomic mass is 31.2. The standard InChI is InChI=1S/C48H89O13P/c1-3-5-7-9-11-13-15-17-18-19-20-21-22-23-24-25-27-29-31-33-35-37-42(50)60-40(38-58-41(49)36-34-32-30-28-26-16-14-12-10-8-6-4-2)39-59-62(56,57)61-48-46(54)44(52)43(51)45(53)47(48)55/h15,17,19-20,40,43-48,51-55H,3-14,16,18,21-39H2,1-2H3,(H,56,57)/b17-15-,20-19-. The second-order valence-electron chi connectivity index (χ2n) is 17.3. The summed E-state index contributed by atoms with van der Waals surface area (Å²) in [6.45, 7) is 3.30. The molecule has 6 unspecified atom stereocenters. The van der Waals surface area contributed by atoms with Crippen LogP contribution in [0.3, 0.4) is 0 Å². The van der Waals surface area contributed by atoms with E-state index in [1.54, 1.807) is 0 Å². The molecule has 0 saturated heterocycles. The first kappa shape index (κ1) is 58.3. The van der Waals surface area contributed by atoms with Crippen molar-refractivity contribution in [1.29, 1.82) is 0 Å². The fourth-order valence-electron chi connectivity index (χ4n) is 7.55. The SMILES string of the molecule is CCCCCCC/C=C\C/C=C\CCCCCCCCCCCC(=O)OC(COC(=O)CCCCCCCCCCCCCC)COP(=O)(O)OC1C(O)C(O)C(O)C(O)C1O. The summed E-state index contributed by atoms with van der Waals surface area (Å²) >= 11 is 0. The van der Waals surface area contributed by atoms with Gasteiger partial charge in [-0.1, -0.05) is 179 Å². The van der Waals surface area contributed by atoms with Crippen molar-refractivity contribution < 1.29 is 63.1 Å². The molecule has 0 aromatic carbocycles. The first-order valence-electron chi connectivity index (χ1n) is 24.6. The summed E-state index contributed by atoms with van der Waals surface area (Å²) in [4.78, 5) is 35.7. The predicted octanol–water partition coefficient (Wildman–Crippen LogP) is 10.0. The number of carbonyl (C=O) groups is 2. The third-order valence-corrected chi connectivity index (χ3v) is 12.5. The molecule has 0 spiro atoms. The third-order valence-electron chi connectivity index (χ3n) is 11.5. The van der Waals surface area contributed by atoms with Crippen LogP contribution < -0.4 is 0 Å². The van der Waals surface area contributed by atoms with E-state index in [1.165, 1.54) is 116 Å². The van der Waals surface area contributed by atoms with E-state index < -0.39 is 75.7 Å². The maximum atomic E-state index is 12.8. The van der Waals surface area contributed by atoms with Crippen LogP contribution in [0.2, 0.25) is 0 Å². The van der Waals surface area contributed by atoms with Gasteiger partial charge in [0.2, 0.25) is 0 Å². The van der Waals surface area contributed by atoms with Gasteiger partial charge in [-0.15, -0.1) is 0 Å². The van der Waals surface area contributed by atoms with Crippen molar-refractivity contribution in [2.24, 2.45) is 0 Å². The molecule has 1 saturated carbocycles. The highest BCUT2D eigenvalue weighted by Crippen LogP contribution is 2.47. The summed E-state index contributed by atoms with van der Waals surface area (Å²) in [7, 11) is -5.12. The van der Waals surface area contributed by atoms with Crippen LogP contribution in [0.25, 0.3) is 0 Å². The number of esters is 2. The van der Waals surface area contributed by atoms with E-state index in [2.05, 4.69) is 38.2 Å². The van der Waals surface area contributed by atoms with Crippen LogP contribution in [0.1, 0.15) is 213 Å². The normalized spacial score (nSPS) is 22.0. The summed E-state index contributed by atoms with van der Waals surface area (Å²) < 4.78 is 33.6. The molecule has 0 aromatic rings. The Morgan fingerprint density at radius 3 is 1.31 bits per heavy atom. The molecule has 6 N–H and O–H groups in total. The van der Waals surface area contributed by atoms with E-state index in [-0.39, 0.29) is 12.8 Å². The van der Waals surface area contributed by atoms with Gasteiger partial charge in [0.25, 0.3) is 0 Å². The summed E-state index contributed by atoms with van der Waals surface area (Å²) in [5.41, 5.74) is 0. The molecule has 1 rings (SSSR count). The van der Waals surface area contributed by atoms with Gasteiger partial charge in [0.1, 0.15) is 43.2 Å². The molecule has 1 aliphatic rings. The lowest BCUT2D eigenvalue weighted by molar-refractivity contribution is -0.220. The number of ether oxygens (including phenoxy) is 2. The number of hydrogen-bond acceptors (Lipinski definition) is 12. The maximum Gasteiger partial charge on any atom is 0.472 e. The van der Waals surface area contributed by atoms with Crippen molar-refractivity contribution in [2.45, 2.75) is 256 Å². The molecule has 14 heteroatoms. The Hall–Kier alpha value is -1.67.